The maximum atomic E-state index is 12.1. The van der Waals surface area contributed by atoms with E-state index in [1.807, 2.05) is 13.8 Å². The topological polar surface area (TPSA) is 69.6 Å². The molecule has 0 radical (unpaired) electrons. The molecule has 2 amide bonds. The zero-order valence-electron chi connectivity index (χ0n) is 12.8. The number of para-hydroxylation sites is 1. The molecule has 2 N–H and O–H groups in total. The smallest absolute Gasteiger partial charge is 0.227 e. The van der Waals surface area contributed by atoms with E-state index in [0.717, 1.165) is 0 Å². The molecule has 0 saturated carbocycles. The third-order valence-electron chi connectivity index (χ3n) is 3.89. The average Bonchev–Trinajstić information content (AvgIpc) is 2.86. The summed E-state index contributed by atoms with van der Waals surface area (Å²) in [7, 11) is 0. The number of aliphatic hydroxyl groups excluding tert-OH is 1. The van der Waals surface area contributed by atoms with Gasteiger partial charge in [-0.15, -0.1) is 0 Å². The van der Waals surface area contributed by atoms with Gasteiger partial charge in [-0.2, -0.15) is 0 Å². The van der Waals surface area contributed by atoms with Crippen LogP contribution in [0.4, 0.5) is 5.69 Å². The van der Waals surface area contributed by atoms with Crippen molar-refractivity contribution in [2.24, 2.45) is 11.8 Å². The molecule has 2 unspecified atom stereocenters. The van der Waals surface area contributed by atoms with Gasteiger partial charge in [-0.1, -0.05) is 37.6 Å². The number of amides is 2. The van der Waals surface area contributed by atoms with Crippen molar-refractivity contribution in [2.45, 2.75) is 26.4 Å². The Morgan fingerprint density at radius 3 is 2.77 bits per heavy atom. The van der Waals surface area contributed by atoms with E-state index in [-0.39, 0.29) is 30.7 Å². The first-order chi connectivity index (χ1) is 10.4. The molecule has 1 aromatic carbocycles. The summed E-state index contributed by atoms with van der Waals surface area (Å²) < 4.78 is 0. The van der Waals surface area contributed by atoms with E-state index >= 15 is 0 Å². The molecule has 1 aromatic rings. The molecule has 5 nitrogen and oxygen atoms in total. The second-order valence-corrected chi connectivity index (χ2v) is 6.32. The van der Waals surface area contributed by atoms with Crippen molar-refractivity contribution in [2.75, 3.05) is 18.0 Å². The number of hydrogen-bond acceptors (Lipinski definition) is 3. The standard InChI is InChI=1S/C16H21ClN2O3/c1-10(2)14(20)8-18-16(22)11-7-15(21)19(9-11)13-6-4-3-5-12(13)17/h3-6,10-11,14,20H,7-9H2,1-2H3,(H,18,22). The van der Waals surface area contributed by atoms with Crippen LogP contribution >= 0.6 is 11.6 Å². The van der Waals surface area contributed by atoms with Gasteiger partial charge in [-0.25, -0.2) is 0 Å². The molecule has 1 saturated heterocycles. The Balaban J connectivity index is 1.97. The van der Waals surface area contributed by atoms with Gasteiger partial charge < -0.3 is 15.3 Å². The van der Waals surface area contributed by atoms with Gasteiger partial charge in [-0.3, -0.25) is 9.59 Å². The molecule has 6 heteroatoms. The average molecular weight is 325 g/mol. The van der Waals surface area contributed by atoms with Crippen molar-refractivity contribution in [1.82, 2.24) is 5.32 Å². The van der Waals surface area contributed by atoms with Gasteiger partial charge >= 0.3 is 0 Å². The van der Waals surface area contributed by atoms with Crippen LogP contribution in [-0.4, -0.2) is 36.1 Å². The number of nitrogens with one attached hydrogen (secondary N) is 1. The summed E-state index contributed by atoms with van der Waals surface area (Å²) in [6.07, 6.45) is -0.421. The molecule has 1 heterocycles. The molecule has 1 aliphatic heterocycles. The van der Waals surface area contributed by atoms with Gasteiger partial charge in [-0.05, 0) is 18.1 Å². The second-order valence-electron chi connectivity index (χ2n) is 5.91. The quantitative estimate of drug-likeness (QED) is 0.868. The molecule has 0 spiro atoms. The Labute approximate surface area is 135 Å². The molecular weight excluding hydrogens is 304 g/mol. The first kappa shape index (κ1) is 16.8. The Hall–Kier alpha value is -1.59. The third-order valence-corrected chi connectivity index (χ3v) is 4.21. The number of halogens is 1. The van der Waals surface area contributed by atoms with Gasteiger partial charge in [0.05, 0.1) is 22.7 Å². The lowest BCUT2D eigenvalue weighted by Gasteiger charge is -2.19. The molecule has 1 fully saturated rings. The largest absolute Gasteiger partial charge is 0.391 e. The number of carbonyl (C=O) groups excluding carboxylic acids is 2. The van der Waals surface area contributed by atoms with Crippen LogP contribution in [0.1, 0.15) is 20.3 Å². The van der Waals surface area contributed by atoms with E-state index in [1.165, 1.54) is 0 Å². The van der Waals surface area contributed by atoms with E-state index < -0.39 is 12.0 Å². The predicted molar refractivity (Wildman–Crippen MR) is 85.8 cm³/mol. The lowest BCUT2D eigenvalue weighted by atomic mass is 10.1. The normalized spacial score (nSPS) is 19.6. The molecule has 2 rings (SSSR count). The fourth-order valence-corrected chi connectivity index (χ4v) is 2.61. The molecule has 2 atom stereocenters. The van der Waals surface area contributed by atoms with E-state index in [2.05, 4.69) is 5.32 Å². The van der Waals surface area contributed by atoms with Gasteiger partial charge in [0, 0.05) is 19.5 Å². The van der Waals surface area contributed by atoms with Crippen molar-refractivity contribution in [3.05, 3.63) is 29.3 Å². The van der Waals surface area contributed by atoms with Crippen molar-refractivity contribution in [1.29, 1.82) is 0 Å². The maximum Gasteiger partial charge on any atom is 0.227 e. The number of rotatable bonds is 5. The van der Waals surface area contributed by atoms with Gasteiger partial charge in [0.2, 0.25) is 11.8 Å². The van der Waals surface area contributed by atoms with Crippen LogP contribution in [0.15, 0.2) is 24.3 Å². The molecular formula is C16H21ClN2O3. The highest BCUT2D eigenvalue weighted by atomic mass is 35.5. The summed E-state index contributed by atoms with van der Waals surface area (Å²) in [6, 6.07) is 7.09. The summed E-state index contributed by atoms with van der Waals surface area (Å²) in [5, 5.41) is 12.9. The lowest BCUT2D eigenvalue weighted by molar-refractivity contribution is -0.126. The zero-order chi connectivity index (χ0) is 16.3. The predicted octanol–water partition coefficient (Wildman–Crippen LogP) is 1.83. The van der Waals surface area contributed by atoms with E-state index in [4.69, 9.17) is 11.6 Å². The van der Waals surface area contributed by atoms with Crippen LogP contribution in [0, 0.1) is 11.8 Å². The van der Waals surface area contributed by atoms with Gasteiger partial charge in [0.1, 0.15) is 0 Å². The van der Waals surface area contributed by atoms with Crippen LogP contribution in [0.5, 0.6) is 0 Å². The highest BCUT2D eigenvalue weighted by Crippen LogP contribution is 2.30. The Bertz CT molecular complexity index is 562. The van der Waals surface area contributed by atoms with E-state index in [9.17, 15) is 14.7 Å². The number of carbonyl (C=O) groups is 2. The van der Waals surface area contributed by atoms with Crippen LogP contribution in [0.2, 0.25) is 5.02 Å². The summed E-state index contributed by atoms with van der Waals surface area (Å²) in [5.41, 5.74) is 0.631. The number of nitrogens with zero attached hydrogens (tertiary/aromatic N) is 1. The Morgan fingerprint density at radius 2 is 2.14 bits per heavy atom. The minimum absolute atomic E-state index is 0.0742. The van der Waals surface area contributed by atoms with Gasteiger partial charge in [0.25, 0.3) is 0 Å². The number of anilines is 1. The molecule has 1 aliphatic rings. The maximum absolute atomic E-state index is 12.1. The highest BCUT2D eigenvalue weighted by Gasteiger charge is 2.35. The van der Waals surface area contributed by atoms with Crippen LogP contribution in [-0.2, 0) is 9.59 Å². The van der Waals surface area contributed by atoms with Crippen molar-refractivity contribution < 1.29 is 14.7 Å². The first-order valence-electron chi connectivity index (χ1n) is 7.40. The Kier molecular flexibility index (Phi) is 5.42. The number of hydrogen-bond donors (Lipinski definition) is 2. The third kappa shape index (κ3) is 3.78. The van der Waals surface area contributed by atoms with Crippen LogP contribution in [0.25, 0.3) is 0 Å². The number of aliphatic hydroxyl groups is 1. The molecule has 120 valence electrons. The van der Waals surface area contributed by atoms with Crippen molar-refractivity contribution >= 4 is 29.1 Å². The minimum Gasteiger partial charge on any atom is -0.391 e. The number of benzene rings is 1. The van der Waals surface area contributed by atoms with Crippen molar-refractivity contribution in [3.63, 3.8) is 0 Å². The fraction of sp³-hybridized carbons (Fsp3) is 0.500. The second kappa shape index (κ2) is 7.11. The lowest BCUT2D eigenvalue weighted by Crippen LogP contribution is -2.39. The van der Waals surface area contributed by atoms with E-state index in [0.29, 0.717) is 17.3 Å². The van der Waals surface area contributed by atoms with Gasteiger partial charge in [0.15, 0.2) is 0 Å². The summed E-state index contributed by atoms with van der Waals surface area (Å²) in [5.74, 6) is -0.659. The summed E-state index contributed by atoms with van der Waals surface area (Å²) in [6.45, 7) is 4.28. The van der Waals surface area contributed by atoms with E-state index in [1.54, 1.807) is 29.2 Å². The van der Waals surface area contributed by atoms with Crippen LogP contribution in [0.3, 0.4) is 0 Å². The molecule has 0 aromatic heterocycles. The summed E-state index contributed by atoms with van der Waals surface area (Å²) in [4.78, 5) is 25.8. The molecule has 22 heavy (non-hydrogen) atoms. The van der Waals surface area contributed by atoms with Crippen molar-refractivity contribution in [3.8, 4) is 0 Å². The fourth-order valence-electron chi connectivity index (χ4n) is 2.37. The Morgan fingerprint density at radius 1 is 1.45 bits per heavy atom. The molecule has 0 aliphatic carbocycles. The summed E-state index contributed by atoms with van der Waals surface area (Å²) >= 11 is 6.11. The van der Waals surface area contributed by atoms with Crippen LogP contribution < -0.4 is 10.2 Å². The highest BCUT2D eigenvalue weighted by molar-refractivity contribution is 6.33. The first-order valence-corrected chi connectivity index (χ1v) is 7.78. The zero-order valence-corrected chi connectivity index (χ0v) is 13.5. The monoisotopic (exact) mass is 324 g/mol. The minimum atomic E-state index is -0.583. The SMILES string of the molecule is CC(C)C(O)CNC(=O)C1CC(=O)N(c2ccccc2Cl)C1. The molecule has 0 bridgehead atoms.